The Morgan fingerprint density at radius 1 is 1.78 bits per heavy atom. The minimum Gasteiger partial charge on any atom is -0.350 e. The molecule has 0 aliphatic rings. The number of carbonyl (C=O) groups is 1. The van der Waals surface area contributed by atoms with Gasteiger partial charge in [-0.3, -0.25) is 4.79 Å². The van der Waals surface area contributed by atoms with Gasteiger partial charge in [0.15, 0.2) is 0 Å². The van der Waals surface area contributed by atoms with Crippen LogP contribution in [-0.2, 0) is 0 Å². The van der Waals surface area contributed by atoms with Crippen LogP contribution in [0.2, 0.25) is 0 Å². The van der Waals surface area contributed by atoms with Crippen molar-refractivity contribution < 1.29 is 4.79 Å². The van der Waals surface area contributed by atoms with Gasteiger partial charge in [-0.05, 0) is 11.4 Å². The van der Waals surface area contributed by atoms with Gasteiger partial charge in [0.05, 0.1) is 0 Å². The monoisotopic (exact) mass is 140 g/mol. The van der Waals surface area contributed by atoms with Crippen LogP contribution >= 0.6 is 11.3 Å². The zero-order valence-electron chi connectivity index (χ0n) is 4.76. The second-order valence-electron chi connectivity index (χ2n) is 1.52. The summed E-state index contributed by atoms with van der Waals surface area (Å²) in [6.45, 7) is 0. The van der Waals surface area contributed by atoms with Crippen LogP contribution in [0.5, 0.6) is 0 Å². The molecule has 0 saturated carbocycles. The molecule has 0 unspecified atom stereocenters. The van der Waals surface area contributed by atoms with Crippen molar-refractivity contribution in [2.45, 2.75) is 0 Å². The van der Waals surface area contributed by atoms with E-state index in [9.17, 15) is 4.79 Å². The molecule has 1 amide bonds. The highest BCUT2D eigenvalue weighted by Gasteiger charge is 1.99. The van der Waals surface area contributed by atoms with Crippen LogP contribution in [0.15, 0.2) is 16.8 Å². The van der Waals surface area contributed by atoms with Gasteiger partial charge in [0.25, 0.3) is 5.91 Å². The van der Waals surface area contributed by atoms with Crippen molar-refractivity contribution >= 4 is 17.2 Å². The van der Waals surface area contributed by atoms with E-state index in [1.54, 1.807) is 11.4 Å². The van der Waals surface area contributed by atoms with E-state index in [-0.39, 0.29) is 5.91 Å². The molecule has 1 aromatic heterocycles. The first kappa shape index (κ1) is 6.29. The van der Waals surface area contributed by atoms with E-state index in [1.165, 1.54) is 11.3 Å². The molecule has 1 radical (unpaired) electrons. The van der Waals surface area contributed by atoms with Gasteiger partial charge in [0.1, 0.15) is 0 Å². The Labute approximate surface area is 57.5 Å². The molecule has 0 aromatic carbocycles. The molecule has 47 valence electrons. The van der Waals surface area contributed by atoms with Gasteiger partial charge in [-0.2, -0.15) is 11.3 Å². The molecule has 0 atom stereocenters. The highest BCUT2D eigenvalue weighted by Crippen LogP contribution is 2.04. The summed E-state index contributed by atoms with van der Waals surface area (Å²) in [6.07, 6.45) is 0. The summed E-state index contributed by atoms with van der Waals surface area (Å²) in [4.78, 5) is 10.7. The molecule has 0 aliphatic carbocycles. The second-order valence-corrected chi connectivity index (χ2v) is 2.30. The summed E-state index contributed by atoms with van der Waals surface area (Å²) in [7, 11) is 3.25. The van der Waals surface area contributed by atoms with Crippen LogP contribution in [0.25, 0.3) is 0 Å². The molecule has 0 aliphatic heterocycles. The normalized spacial score (nSPS) is 9.00. The zero-order chi connectivity index (χ0) is 6.69. The summed E-state index contributed by atoms with van der Waals surface area (Å²) in [5.74, 6) is -0.128. The molecule has 1 heterocycles. The Kier molecular flexibility index (Phi) is 1.85. The summed E-state index contributed by atoms with van der Waals surface area (Å²) in [5.41, 5.74) is 0.676. The van der Waals surface area contributed by atoms with E-state index in [1.807, 2.05) is 5.38 Å². The van der Waals surface area contributed by atoms with Gasteiger partial charge in [-0.1, -0.05) is 0 Å². The van der Waals surface area contributed by atoms with Gasteiger partial charge >= 0.3 is 0 Å². The van der Waals surface area contributed by atoms with Crippen molar-refractivity contribution in [2.75, 3.05) is 0 Å². The third-order valence-corrected chi connectivity index (χ3v) is 1.63. The third kappa shape index (κ3) is 1.29. The Bertz CT molecular complexity index is 193. The molecule has 0 spiro atoms. The Balaban J connectivity index is 2.77. The van der Waals surface area contributed by atoms with Gasteiger partial charge in [0, 0.05) is 18.0 Å². The van der Waals surface area contributed by atoms with E-state index in [2.05, 4.69) is 12.4 Å². The lowest BCUT2D eigenvalue weighted by molar-refractivity contribution is 0.0969. The first-order chi connectivity index (χ1) is 4.34. The van der Waals surface area contributed by atoms with E-state index in [0.717, 1.165) is 0 Å². The average molecular weight is 140 g/mol. The number of thiophene rings is 1. The fraction of sp³-hybridized carbons (Fsp3) is 0. The maximum absolute atomic E-state index is 10.7. The molecule has 0 fully saturated rings. The maximum Gasteiger partial charge on any atom is 0.252 e. The predicted molar refractivity (Wildman–Crippen MR) is 37.1 cm³/mol. The zero-order valence-corrected chi connectivity index (χ0v) is 5.57. The topological polar surface area (TPSA) is 29.1 Å². The molecule has 1 rings (SSSR count). The second kappa shape index (κ2) is 2.64. The molecular weight excluding hydrogens is 134 g/mol. The molecule has 3 heteroatoms. The number of nitrogens with one attached hydrogen (secondary N) is 1. The van der Waals surface area contributed by atoms with Crippen LogP contribution in [-0.4, -0.2) is 5.91 Å². The number of amides is 1. The van der Waals surface area contributed by atoms with Crippen molar-refractivity contribution in [3.8, 4) is 0 Å². The van der Waals surface area contributed by atoms with Crippen molar-refractivity contribution in [3.63, 3.8) is 0 Å². The molecule has 2 nitrogen and oxygen atoms in total. The molecule has 1 aromatic rings. The van der Waals surface area contributed by atoms with Crippen LogP contribution in [0, 0.1) is 7.05 Å². The largest absolute Gasteiger partial charge is 0.350 e. The first-order valence-corrected chi connectivity index (χ1v) is 3.38. The number of carbonyl (C=O) groups excluding carboxylic acids is 1. The van der Waals surface area contributed by atoms with E-state index in [0.29, 0.717) is 5.56 Å². The van der Waals surface area contributed by atoms with Gasteiger partial charge in [-0.25, -0.2) is 0 Å². The van der Waals surface area contributed by atoms with E-state index >= 15 is 0 Å². The van der Waals surface area contributed by atoms with Crippen LogP contribution in [0.3, 0.4) is 0 Å². The average Bonchev–Trinajstić information content (AvgIpc) is 2.37. The molecule has 0 saturated heterocycles. The van der Waals surface area contributed by atoms with E-state index < -0.39 is 0 Å². The lowest BCUT2D eigenvalue weighted by Crippen LogP contribution is -2.14. The van der Waals surface area contributed by atoms with Crippen molar-refractivity contribution in [1.29, 1.82) is 0 Å². The Hall–Kier alpha value is -0.830. The summed E-state index contributed by atoms with van der Waals surface area (Å²) in [6, 6.07) is 1.76. The maximum atomic E-state index is 10.7. The highest BCUT2D eigenvalue weighted by atomic mass is 32.1. The summed E-state index contributed by atoms with van der Waals surface area (Å²) in [5, 5.41) is 5.92. The lowest BCUT2D eigenvalue weighted by atomic mass is 10.3. The Morgan fingerprint density at radius 3 is 3.00 bits per heavy atom. The molecule has 0 bridgehead atoms. The van der Waals surface area contributed by atoms with Crippen LogP contribution in [0.4, 0.5) is 0 Å². The first-order valence-electron chi connectivity index (χ1n) is 2.44. The fourth-order valence-corrected chi connectivity index (χ4v) is 1.13. The standard InChI is InChI=1S/C6H6NOS/c1-7-6(8)5-2-3-9-4-5/h2-4H,1H2,(H,7,8). The minimum atomic E-state index is -0.128. The van der Waals surface area contributed by atoms with Crippen LogP contribution in [0.1, 0.15) is 10.4 Å². The number of hydrogen-bond donors (Lipinski definition) is 1. The van der Waals surface area contributed by atoms with Crippen molar-refractivity contribution in [2.24, 2.45) is 0 Å². The predicted octanol–water partition coefficient (Wildman–Crippen LogP) is 1.27. The lowest BCUT2D eigenvalue weighted by Gasteiger charge is -1.90. The fourth-order valence-electron chi connectivity index (χ4n) is 0.496. The number of hydrogen-bond acceptors (Lipinski definition) is 2. The van der Waals surface area contributed by atoms with Gasteiger partial charge in [-0.15, -0.1) is 0 Å². The van der Waals surface area contributed by atoms with Crippen molar-refractivity contribution in [3.05, 3.63) is 29.4 Å². The van der Waals surface area contributed by atoms with E-state index in [4.69, 9.17) is 0 Å². The quantitative estimate of drug-likeness (QED) is 0.625. The van der Waals surface area contributed by atoms with Crippen LogP contribution < -0.4 is 5.32 Å². The minimum absolute atomic E-state index is 0.128. The van der Waals surface area contributed by atoms with Crippen molar-refractivity contribution in [1.82, 2.24) is 5.32 Å². The molecule has 9 heavy (non-hydrogen) atoms. The number of rotatable bonds is 1. The van der Waals surface area contributed by atoms with Gasteiger partial charge in [0.2, 0.25) is 0 Å². The molecule has 1 N–H and O–H groups in total. The Morgan fingerprint density at radius 2 is 2.56 bits per heavy atom. The molecular formula is C6H6NOS. The summed E-state index contributed by atoms with van der Waals surface area (Å²) >= 11 is 1.49. The van der Waals surface area contributed by atoms with Gasteiger partial charge < -0.3 is 5.32 Å². The third-order valence-electron chi connectivity index (χ3n) is 0.944. The SMILES string of the molecule is [CH2]NC(=O)c1ccsc1. The smallest absolute Gasteiger partial charge is 0.252 e. The highest BCUT2D eigenvalue weighted by molar-refractivity contribution is 7.08. The summed E-state index contributed by atoms with van der Waals surface area (Å²) < 4.78 is 0.